The molecule has 0 aromatic heterocycles. The number of rotatable bonds is 14. The van der Waals surface area contributed by atoms with E-state index in [1.165, 1.54) is 12.1 Å². The van der Waals surface area contributed by atoms with Crippen molar-refractivity contribution in [1.29, 1.82) is 0 Å². The number of hydrogen-bond donors (Lipinski definition) is 2. The number of benzene rings is 2. The second kappa shape index (κ2) is 12.9. The van der Waals surface area contributed by atoms with Crippen molar-refractivity contribution >= 4 is 5.97 Å². The molecule has 0 aliphatic heterocycles. The Labute approximate surface area is 184 Å². The summed E-state index contributed by atoms with van der Waals surface area (Å²) in [6, 6.07) is 11.9. The van der Waals surface area contributed by atoms with Crippen LogP contribution in [0.1, 0.15) is 30.4 Å². The molecule has 0 saturated heterocycles. The van der Waals surface area contributed by atoms with E-state index in [4.69, 9.17) is 19.3 Å². The monoisotopic (exact) mass is 456 g/mol. The zero-order valence-electron chi connectivity index (χ0n) is 17.5. The van der Waals surface area contributed by atoms with Crippen molar-refractivity contribution in [2.45, 2.75) is 38.0 Å². The number of carboxylic acid groups (broad SMARTS) is 1. The Morgan fingerprint density at radius 1 is 0.938 bits per heavy atom. The summed E-state index contributed by atoms with van der Waals surface area (Å²) in [6.07, 6.45) is -2.07. The zero-order valence-corrected chi connectivity index (χ0v) is 17.5. The van der Waals surface area contributed by atoms with E-state index in [-0.39, 0.29) is 25.6 Å². The van der Waals surface area contributed by atoms with Crippen molar-refractivity contribution in [3.05, 3.63) is 59.7 Å². The molecule has 0 aliphatic rings. The average molecular weight is 456 g/mol. The Balaban J connectivity index is 1.68. The minimum atomic E-state index is -4.46. The number of aliphatic carboxylic acids is 1. The van der Waals surface area contributed by atoms with Gasteiger partial charge >= 0.3 is 12.1 Å². The van der Waals surface area contributed by atoms with Gasteiger partial charge in [-0.25, -0.2) is 4.79 Å². The maximum absolute atomic E-state index is 12.7. The van der Waals surface area contributed by atoms with Gasteiger partial charge in [-0.05, 0) is 55.2 Å². The average Bonchev–Trinajstić information content (AvgIpc) is 2.75. The van der Waals surface area contributed by atoms with Crippen molar-refractivity contribution in [1.82, 2.24) is 0 Å². The molecule has 9 heteroatoms. The summed E-state index contributed by atoms with van der Waals surface area (Å²) in [4.78, 5) is 10.4. The third-order valence-corrected chi connectivity index (χ3v) is 4.42. The number of aliphatic hydroxyl groups is 1. The predicted molar refractivity (Wildman–Crippen MR) is 111 cm³/mol. The fourth-order valence-electron chi connectivity index (χ4n) is 2.86. The minimum Gasteiger partial charge on any atom is -0.491 e. The van der Waals surface area contributed by atoms with Crippen LogP contribution in [0.2, 0.25) is 0 Å². The lowest BCUT2D eigenvalue weighted by Gasteiger charge is -2.15. The van der Waals surface area contributed by atoms with Crippen LogP contribution in [0.3, 0.4) is 0 Å². The fourth-order valence-corrected chi connectivity index (χ4v) is 2.86. The molecule has 0 radical (unpaired) electrons. The highest BCUT2D eigenvalue weighted by Crippen LogP contribution is 2.31. The standard InChI is InChI=1S/C23H27F3O6/c24-23(25,26)18-8-5-10-21(13-18)32-15-19(27)14-31-20-9-4-7-17(12-20)6-2-1-3-11-30-16-22(28)29/h4-5,7-10,12-13,19,27H,1-3,6,11,14-16H2,(H,28,29)/t19-/m1/s1. The number of alkyl halides is 3. The SMILES string of the molecule is O=C(O)COCCCCCc1cccc(OC[C@@H](O)COc2cccc(C(F)(F)F)c2)c1. The molecule has 0 fully saturated rings. The van der Waals surface area contributed by atoms with Gasteiger partial charge in [-0.15, -0.1) is 0 Å². The van der Waals surface area contributed by atoms with Gasteiger partial charge in [0.15, 0.2) is 0 Å². The molecule has 6 nitrogen and oxygen atoms in total. The van der Waals surface area contributed by atoms with Crippen molar-refractivity contribution < 1.29 is 42.4 Å². The van der Waals surface area contributed by atoms with E-state index in [0.717, 1.165) is 43.4 Å². The van der Waals surface area contributed by atoms with Gasteiger partial charge in [0.1, 0.15) is 37.4 Å². The lowest BCUT2D eigenvalue weighted by Crippen LogP contribution is -2.25. The fraction of sp³-hybridized carbons (Fsp3) is 0.435. The molecule has 0 saturated carbocycles. The minimum absolute atomic E-state index is 0.0224. The van der Waals surface area contributed by atoms with Crippen LogP contribution < -0.4 is 9.47 Å². The highest BCUT2D eigenvalue weighted by atomic mass is 19.4. The highest BCUT2D eigenvalue weighted by molar-refractivity contribution is 5.67. The van der Waals surface area contributed by atoms with Crippen molar-refractivity contribution in [3.63, 3.8) is 0 Å². The smallest absolute Gasteiger partial charge is 0.416 e. The maximum Gasteiger partial charge on any atom is 0.416 e. The third kappa shape index (κ3) is 10.0. The number of hydrogen-bond acceptors (Lipinski definition) is 5. The number of aliphatic hydroxyl groups excluding tert-OH is 1. The zero-order chi connectivity index (χ0) is 23.4. The van der Waals surface area contributed by atoms with Crippen LogP contribution in [0.4, 0.5) is 13.2 Å². The predicted octanol–water partition coefficient (Wildman–Crippen LogP) is 4.34. The summed E-state index contributed by atoms with van der Waals surface area (Å²) >= 11 is 0. The summed E-state index contributed by atoms with van der Waals surface area (Å²) in [5, 5.41) is 18.5. The lowest BCUT2D eigenvalue weighted by molar-refractivity contribution is -0.142. The normalized spacial score (nSPS) is 12.4. The molecule has 0 unspecified atom stereocenters. The van der Waals surface area contributed by atoms with E-state index in [2.05, 4.69) is 0 Å². The van der Waals surface area contributed by atoms with E-state index >= 15 is 0 Å². The third-order valence-electron chi connectivity index (χ3n) is 4.42. The van der Waals surface area contributed by atoms with Crippen molar-refractivity contribution in [3.8, 4) is 11.5 Å². The molecule has 0 heterocycles. The first-order chi connectivity index (χ1) is 15.2. The molecule has 0 amide bonds. The van der Waals surface area contributed by atoms with Crippen LogP contribution in [0, 0.1) is 0 Å². The molecule has 0 spiro atoms. The number of aryl methyl sites for hydroxylation is 1. The highest BCUT2D eigenvalue weighted by Gasteiger charge is 2.30. The van der Waals surface area contributed by atoms with Gasteiger partial charge in [0.05, 0.1) is 5.56 Å². The van der Waals surface area contributed by atoms with E-state index in [9.17, 15) is 23.1 Å². The first kappa shape index (κ1) is 25.5. The topological polar surface area (TPSA) is 85.2 Å². The van der Waals surface area contributed by atoms with Gasteiger partial charge in [0.25, 0.3) is 0 Å². The Hall–Kier alpha value is -2.78. The molecular formula is C23H27F3O6. The first-order valence-corrected chi connectivity index (χ1v) is 10.2. The summed E-state index contributed by atoms with van der Waals surface area (Å²) in [5.74, 6) is -0.381. The molecule has 1 atom stereocenters. The van der Waals surface area contributed by atoms with E-state index in [1.54, 1.807) is 6.07 Å². The number of halogens is 3. The first-order valence-electron chi connectivity index (χ1n) is 10.2. The largest absolute Gasteiger partial charge is 0.491 e. The van der Waals surface area contributed by atoms with Crippen molar-refractivity contribution in [2.24, 2.45) is 0 Å². The van der Waals surface area contributed by atoms with Gasteiger partial charge < -0.3 is 24.4 Å². The molecule has 2 rings (SSSR count). The molecule has 2 aromatic carbocycles. The summed E-state index contributed by atoms with van der Waals surface area (Å²) in [5.41, 5.74) is 0.244. The van der Waals surface area contributed by atoms with Gasteiger partial charge in [0, 0.05) is 6.61 Å². The summed E-state index contributed by atoms with van der Waals surface area (Å²) in [7, 11) is 0. The van der Waals surface area contributed by atoms with Crippen LogP contribution in [0.5, 0.6) is 11.5 Å². The number of ether oxygens (including phenoxy) is 3. The number of carbonyl (C=O) groups is 1. The van der Waals surface area contributed by atoms with E-state index in [0.29, 0.717) is 12.4 Å². The summed E-state index contributed by atoms with van der Waals surface area (Å²) < 4.78 is 54.0. The number of unbranched alkanes of at least 4 members (excludes halogenated alkanes) is 2. The van der Waals surface area contributed by atoms with Gasteiger partial charge in [-0.1, -0.05) is 24.6 Å². The Morgan fingerprint density at radius 2 is 1.59 bits per heavy atom. The maximum atomic E-state index is 12.7. The summed E-state index contributed by atoms with van der Waals surface area (Å²) in [6.45, 7) is -0.138. The van der Waals surface area contributed by atoms with Crippen LogP contribution >= 0.6 is 0 Å². The second-order valence-electron chi connectivity index (χ2n) is 7.21. The van der Waals surface area contributed by atoms with Gasteiger partial charge in [0.2, 0.25) is 0 Å². The van der Waals surface area contributed by atoms with Gasteiger partial charge in [-0.3, -0.25) is 0 Å². The molecule has 32 heavy (non-hydrogen) atoms. The van der Waals surface area contributed by atoms with E-state index < -0.39 is 23.8 Å². The molecule has 176 valence electrons. The molecule has 0 aliphatic carbocycles. The van der Waals surface area contributed by atoms with Crippen LogP contribution in [0.25, 0.3) is 0 Å². The molecule has 2 N–H and O–H groups in total. The van der Waals surface area contributed by atoms with E-state index in [1.807, 2.05) is 18.2 Å². The van der Waals surface area contributed by atoms with Crippen LogP contribution in [-0.4, -0.2) is 48.7 Å². The second-order valence-corrected chi connectivity index (χ2v) is 7.21. The Bertz CT molecular complexity index is 840. The molecule has 2 aromatic rings. The quantitative estimate of drug-likeness (QED) is 0.412. The lowest BCUT2D eigenvalue weighted by atomic mass is 10.1. The number of carboxylic acids is 1. The van der Waals surface area contributed by atoms with Gasteiger partial charge in [-0.2, -0.15) is 13.2 Å². The Morgan fingerprint density at radius 3 is 2.25 bits per heavy atom. The van der Waals surface area contributed by atoms with Crippen molar-refractivity contribution in [2.75, 3.05) is 26.4 Å². The Kier molecular flexibility index (Phi) is 10.3. The van der Waals surface area contributed by atoms with Crippen LogP contribution in [0.15, 0.2) is 48.5 Å². The van der Waals surface area contributed by atoms with Crippen LogP contribution in [-0.2, 0) is 22.1 Å². The molecule has 0 bridgehead atoms. The molecular weight excluding hydrogens is 429 g/mol.